The minimum atomic E-state index is -0.384. The van der Waals surface area contributed by atoms with Gasteiger partial charge in [0, 0.05) is 18.7 Å². The summed E-state index contributed by atoms with van der Waals surface area (Å²) in [6, 6.07) is 7.14. The van der Waals surface area contributed by atoms with E-state index in [4.69, 9.17) is 14.7 Å². The predicted octanol–water partition coefficient (Wildman–Crippen LogP) is 3.77. The molecular formula is C23H28N4O3. The number of nitrogens with zero attached hydrogens (tertiary/aromatic N) is 3. The van der Waals surface area contributed by atoms with Gasteiger partial charge < -0.3 is 20.1 Å². The number of alkyl carbamates (subject to hydrolysis) is 1. The molecule has 30 heavy (non-hydrogen) atoms. The summed E-state index contributed by atoms with van der Waals surface area (Å²) in [6.07, 6.45) is 5.40. The van der Waals surface area contributed by atoms with E-state index in [1.54, 1.807) is 12.1 Å². The van der Waals surface area contributed by atoms with Gasteiger partial charge in [-0.15, -0.1) is 0 Å². The fourth-order valence-corrected chi connectivity index (χ4v) is 3.97. The molecule has 0 saturated carbocycles. The molecule has 1 fully saturated rings. The van der Waals surface area contributed by atoms with Crippen molar-refractivity contribution in [3.8, 4) is 17.1 Å². The third-order valence-corrected chi connectivity index (χ3v) is 5.41. The van der Waals surface area contributed by atoms with E-state index in [-0.39, 0.29) is 24.0 Å². The number of hydrogen-bond acceptors (Lipinski definition) is 6. The molecule has 1 aromatic carbocycles. The van der Waals surface area contributed by atoms with E-state index in [1.807, 2.05) is 26.0 Å². The molecule has 4 rings (SSSR count). The lowest BCUT2D eigenvalue weighted by Gasteiger charge is -2.25. The number of fused-ring (bicyclic) bond motifs is 1. The zero-order valence-corrected chi connectivity index (χ0v) is 17.6. The van der Waals surface area contributed by atoms with Gasteiger partial charge >= 0.3 is 6.09 Å². The number of hydrogen-bond donors (Lipinski definition) is 2. The molecule has 1 unspecified atom stereocenters. The van der Waals surface area contributed by atoms with Gasteiger partial charge in [-0.25, -0.2) is 14.8 Å². The second-order valence-electron chi connectivity index (χ2n) is 8.32. The monoisotopic (exact) mass is 408 g/mol. The smallest absolute Gasteiger partial charge is 0.407 e. The molecule has 1 saturated heterocycles. The number of anilines is 1. The van der Waals surface area contributed by atoms with Crippen LogP contribution in [0.5, 0.6) is 5.75 Å². The van der Waals surface area contributed by atoms with E-state index in [0.29, 0.717) is 23.9 Å². The Labute approximate surface area is 176 Å². The number of phenolic OH excluding ortho intramolecular Hbond substituents is 1. The minimum absolute atomic E-state index is 0.00179. The first-order valence-electron chi connectivity index (χ1n) is 10.5. The Balaban J connectivity index is 1.64. The standard InChI is InChI=1S/C23H28N4O3/c1-14(2)30-23(29)24-16-10-11-27(13-16)22-17-9-8-15(3)12-19(17)25-21(26-22)18-6-4-5-7-20(18)28/h4-9,14-16,28H,10-13H2,1-3H3,(H,24,29)/t15?,16-/m1/s1. The van der Waals surface area contributed by atoms with Gasteiger partial charge in [-0.2, -0.15) is 0 Å². The fourth-order valence-electron chi connectivity index (χ4n) is 3.97. The van der Waals surface area contributed by atoms with Gasteiger partial charge in [-0.1, -0.05) is 31.2 Å². The van der Waals surface area contributed by atoms with E-state index in [1.165, 1.54) is 0 Å². The zero-order valence-electron chi connectivity index (χ0n) is 17.6. The molecule has 1 aliphatic carbocycles. The Morgan fingerprint density at radius 2 is 2.10 bits per heavy atom. The molecule has 7 nitrogen and oxygen atoms in total. The highest BCUT2D eigenvalue weighted by molar-refractivity contribution is 5.73. The van der Waals surface area contributed by atoms with Crippen LogP contribution in [0, 0.1) is 5.92 Å². The summed E-state index contributed by atoms with van der Waals surface area (Å²) in [6.45, 7) is 7.26. The minimum Gasteiger partial charge on any atom is -0.507 e. The van der Waals surface area contributed by atoms with Gasteiger partial charge in [-0.3, -0.25) is 0 Å². The fraction of sp³-hybridized carbons (Fsp3) is 0.435. The Hall–Kier alpha value is -3.09. The predicted molar refractivity (Wildman–Crippen MR) is 116 cm³/mol. The average Bonchev–Trinajstić information content (AvgIpc) is 3.14. The van der Waals surface area contributed by atoms with Crippen LogP contribution in [0.1, 0.15) is 38.4 Å². The summed E-state index contributed by atoms with van der Waals surface area (Å²) in [4.78, 5) is 23.8. The summed E-state index contributed by atoms with van der Waals surface area (Å²) in [5.74, 6) is 1.94. The number of nitrogens with one attached hydrogen (secondary N) is 1. The molecule has 0 bridgehead atoms. The summed E-state index contributed by atoms with van der Waals surface area (Å²) in [5, 5.41) is 13.3. The van der Waals surface area contributed by atoms with E-state index >= 15 is 0 Å². The first kappa shape index (κ1) is 20.2. The van der Waals surface area contributed by atoms with Crippen LogP contribution in [-0.4, -0.2) is 46.4 Å². The SMILES string of the molecule is CC1C=Cc2c(nc(-c3ccccc3O)nc2N2CC[C@@H](NC(=O)OC(C)C)C2)C1. The van der Waals surface area contributed by atoms with Crippen molar-refractivity contribution in [2.24, 2.45) is 5.92 Å². The largest absolute Gasteiger partial charge is 0.507 e. The maximum absolute atomic E-state index is 12.0. The van der Waals surface area contributed by atoms with Crippen LogP contribution < -0.4 is 10.2 Å². The average molecular weight is 409 g/mol. The Bertz CT molecular complexity index is 973. The molecule has 158 valence electrons. The highest BCUT2D eigenvalue weighted by Gasteiger charge is 2.29. The highest BCUT2D eigenvalue weighted by Crippen LogP contribution is 2.35. The van der Waals surface area contributed by atoms with Crippen molar-refractivity contribution in [2.75, 3.05) is 18.0 Å². The Morgan fingerprint density at radius 1 is 1.30 bits per heavy atom. The normalized spacial score (nSPS) is 20.3. The molecule has 0 radical (unpaired) electrons. The number of ether oxygens (including phenoxy) is 1. The van der Waals surface area contributed by atoms with Gasteiger partial charge in [0.25, 0.3) is 0 Å². The van der Waals surface area contributed by atoms with Crippen LogP contribution in [-0.2, 0) is 11.2 Å². The van der Waals surface area contributed by atoms with Gasteiger partial charge in [0.05, 0.1) is 23.4 Å². The lowest BCUT2D eigenvalue weighted by molar-refractivity contribution is 0.113. The lowest BCUT2D eigenvalue weighted by atomic mass is 9.94. The number of para-hydroxylation sites is 1. The number of aromatic nitrogens is 2. The number of benzene rings is 1. The van der Waals surface area contributed by atoms with Crippen LogP contribution in [0.25, 0.3) is 17.5 Å². The maximum Gasteiger partial charge on any atom is 0.407 e. The number of carbonyl (C=O) groups is 1. The number of rotatable bonds is 4. The molecule has 2 atom stereocenters. The molecule has 1 amide bonds. The topological polar surface area (TPSA) is 87.6 Å². The van der Waals surface area contributed by atoms with Crippen molar-refractivity contribution in [2.45, 2.75) is 45.8 Å². The Kier molecular flexibility index (Phi) is 5.61. The third kappa shape index (κ3) is 4.25. The van der Waals surface area contributed by atoms with E-state index in [2.05, 4.69) is 29.3 Å². The molecule has 2 aromatic rings. The Morgan fingerprint density at radius 3 is 2.87 bits per heavy atom. The number of amides is 1. The van der Waals surface area contributed by atoms with Crippen molar-refractivity contribution in [3.05, 3.63) is 41.6 Å². The second kappa shape index (κ2) is 8.34. The van der Waals surface area contributed by atoms with E-state index < -0.39 is 0 Å². The summed E-state index contributed by atoms with van der Waals surface area (Å²) < 4.78 is 5.21. The van der Waals surface area contributed by atoms with Crippen molar-refractivity contribution >= 4 is 18.0 Å². The van der Waals surface area contributed by atoms with Crippen molar-refractivity contribution < 1.29 is 14.6 Å². The lowest BCUT2D eigenvalue weighted by Crippen LogP contribution is -2.38. The number of carbonyl (C=O) groups excluding carboxylic acids is 1. The molecule has 2 heterocycles. The van der Waals surface area contributed by atoms with Crippen LogP contribution >= 0.6 is 0 Å². The molecule has 1 aliphatic heterocycles. The van der Waals surface area contributed by atoms with Gasteiger partial charge in [0.15, 0.2) is 5.82 Å². The summed E-state index contributed by atoms with van der Waals surface area (Å²) in [5.41, 5.74) is 2.64. The van der Waals surface area contributed by atoms with E-state index in [0.717, 1.165) is 36.5 Å². The zero-order chi connectivity index (χ0) is 21.3. The number of allylic oxidation sites excluding steroid dienone is 1. The molecule has 1 aromatic heterocycles. The molecule has 7 heteroatoms. The molecule has 2 N–H and O–H groups in total. The van der Waals surface area contributed by atoms with Crippen molar-refractivity contribution in [3.63, 3.8) is 0 Å². The first-order chi connectivity index (χ1) is 14.4. The number of phenols is 1. The van der Waals surface area contributed by atoms with Crippen LogP contribution in [0.2, 0.25) is 0 Å². The van der Waals surface area contributed by atoms with Crippen LogP contribution in [0.4, 0.5) is 10.6 Å². The summed E-state index contributed by atoms with van der Waals surface area (Å²) in [7, 11) is 0. The third-order valence-electron chi connectivity index (χ3n) is 5.41. The van der Waals surface area contributed by atoms with E-state index in [9.17, 15) is 9.90 Å². The molecule has 2 aliphatic rings. The quantitative estimate of drug-likeness (QED) is 0.801. The first-order valence-corrected chi connectivity index (χ1v) is 10.5. The molecular weight excluding hydrogens is 380 g/mol. The second-order valence-corrected chi connectivity index (χ2v) is 8.32. The van der Waals surface area contributed by atoms with Crippen LogP contribution in [0.15, 0.2) is 30.3 Å². The summed E-state index contributed by atoms with van der Waals surface area (Å²) >= 11 is 0. The number of aromatic hydroxyl groups is 1. The maximum atomic E-state index is 12.0. The van der Waals surface area contributed by atoms with Gasteiger partial charge in [0.2, 0.25) is 0 Å². The van der Waals surface area contributed by atoms with Crippen molar-refractivity contribution in [1.29, 1.82) is 0 Å². The molecule has 0 spiro atoms. The van der Waals surface area contributed by atoms with Gasteiger partial charge in [0.1, 0.15) is 11.6 Å². The van der Waals surface area contributed by atoms with Gasteiger partial charge in [-0.05, 0) is 44.7 Å². The highest BCUT2D eigenvalue weighted by atomic mass is 16.6. The van der Waals surface area contributed by atoms with Crippen LogP contribution in [0.3, 0.4) is 0 Å². The van der Waals surface area contributed by atoms with Crippen molar-refractivity contribution in [1.82, 2.24) is 15.3 Å².